The van der Waals surface area contributed by atoms with E-state index in [1.807, 2.05) is 56.3 Å². The molecule has 0 unspecified atom stereocenters. The van der Waals surface area contributed by atoms with Crippen LogP contribution >= 0.6 is 0 Å². The van der Waals surface area contributed by atoms with E-state index in [0.717, 1.165) is 17.6 Å². The first kappa shape index (κ1) is 17.4. The number of allylic oxidation sites excluding steroid dienone is 3. The molecule has 0 N–H and O–H groups in total. The van der Waals surface area contributed by atoms with E-state index in [4.69, 9.17) is 0 Å². The fourth-order valence-corrected chi connectivity index (χ4v) is 2.16. The molecule has 1 aromatic carbocycles. The van der Waals surface area contributed by atoms with Gasteiger partial charge in [0.25, 0.3) is 0 Å². The van der Waals surface area contributed by atoms with E-state index >= 15 is 0 Å². The molecule has 1 rings (SSSR count). The number of carbonyl (C=O) groups excluding carboxylic acids is 1. The van der Waals surface area contributed by atoms with Gasteiger partial charge in [0.1, 0.15) is 0 Å². The lowest BCUT2D eigenvalue weighted by atomic mass is 9.98. The number of hydrogen-bond donors (Lipinski definition) is 0. The first-order valence-electron chi connectivity index (χ1n) is 8.12. The van der Waals surface area contributed by atoms with Gasteiger partial charge < -0.3 is 0 Å². The van der Waals surface area contributed by atoms with Crippen LogP contribution in [-0.2, 0) is 4.79 Å². The highest BCUT2D eigenvalue weighted by atomic mass is 16.1. The Bertz CT molecular complexity index is 466. The number of unbranched alkanes of at least 4 members (excludes halogenated alkanes) is 4. The average molecular weight is 284 g/mol. The quantitative estimate of drug-likeness (QED) is 0.317. The highest BCUT2D eigenvalue weighted by Crippen LogP contribution is 2.14. The lowest BCUT2D eigenvalue weighted by molar-refractivity contribution is -0.117. The summed E-state index contributed by atoms with van der Waals surface area (Å²) in [6.07, 6.45) is 12.2. The van der Waals surface area contributed by atoms with Gasteiger partial charge in [-0.15, -0.1) is 0 Å². The third kappa shape index (κ3) is 7.08. The summed E-state index contributed by atoms with van der Waals surface area (Å²) in [7, 11) is 0. The summed E-state index contributed by atoms with van der Waals surface area (Å²) < 4.78 is 0. The van der Waals surface area contributed by atoms with Gasteiger partial charge in [0.2, 0.25) is 0 Å². The lowest BCUT2D eigenvalue weighted by Gasteiger charge is -2.06. The molecule has 1 heteroatoms. The van der Waals surface area contributed by atoms with Crippen molar-refractivity contribution in [2.45, 2.75) is 52.9 Å². The fourth-order valence-electron chi connectivity index (χ4n) is 2.16. The van der Waals surface area contributed by atoms with Gasteiger partial charge >= 0.3 is 0 Å². The van der Waals surface area contributed by atoms with E-state index in [2.05, 4.69) is 13.0 Å². The predicted molar refractivity (Wildman–Crippen MR) is 92.2 cm³/mol. The second-order valence-electron chi connectivity index (χ2n) is 5.78. The van der Waals surface area contributed by atoms with Gasteiger partial charge in [-0.05, 0) is 24.5 Å². The standard InChI is InChI=1S/C20H28O/c1-4-5-6-7-8-12-15-19(20(21)17(2)3)16-18-13-10-9-11-14-18/h9-17H,4-8H2,1-3H3. The Balaban J connectivity index is 2.72. The van der Waals surface area contributed by atoms with E-state index in [9.17, 15) is 4.79 Å². The van der Waals surface area contributed by atoms with Crippen molar-refractivity contribution in [3.05, 3.63) is 53.6 Å². The molecule has 114 valence electrons. The van der Waals surface area contributed by atoms with E-state index in [0.29, 0.717) is 0 Å². The number of carbonyl (C=O) groups is 1. The molecule has 0 amide bonds. The second kappa shape index (κ2) is 10.1. The summed E-state index contributed by atoms with van der Waals surface area (Å²) in [5, 5.41) is 0. The second-order valence-corrected chi connectivity index (χ2v) is 5.78. The number of ketones is 1. The Kier molecular flexibility index (Phi) is 8.42. The first-order valence-corrected chi connectivity index (χ1v) is 8.12. The summed E-state index contributed by atoms with van der Waals surface area (Å²) in [4.78, 5) is 12.3. The first-order chi connectivity index (χ1) is 10.1. The molecule has 1 nitrogen and oxygen atoms in total. The van der Waals surface area contributed by atoms with Crippen LogP contribution in [0.4, 0.5) is 0 Å². The van der Waals surface area contributed by atoms with Gasteiger partial charge in [-0.25, -0.2) is 0 Å². The van der Waals surface area contributed by atoms with Crippen LogP contribution in [0.2, 0.25) is 0 Å². The van der Waals surface area contributed by atoms with E-state index in [1.54, 1.807) is 0 Å². The molecule has 0 radical (unpaired) electrons. The van der Waals surface area contributed by atoms with Gasteiger partial charge in [-0.1, -0.05) is 82.5 Å². The summed E-state index contributed by atoms with van der Waals surface area (Å²) in [5.74, 6) is 0.244. The number of Topliss-reactive ketones (excluding diaryl/α,β-unsaturated/α-hetero) is 1. The number of rotatable bonds is 9. The van der Waals surface area contributed by atoms with Crippen molar-refractivity contribution in [1.82, 2.24) is 0 Å². The molecular formula is C20H28O. The van der Waals surface area contributed by atoms with Crippen molar-refractivity contribution in [3.8, 4) is 0 Å². The predicted octanol–water partition coefficient (Wildman–Crippen LogP) is 5.82. The van der Waals surface area contributed by atoms with Gasteiger partial charge in [-0.3, -0.25) is 4.79 Å². The highest BCUT2D eigenvalue weighted by Gasteiger charge is 2.10. The van der Waals surface area contributed by atoms with Crippen LogP contribution < -0.4 is 0 Å². The molecule has 1 aromatic rings. The van der Waals surface area contributed by atoms with Gasteiger partial charge in [0.05, 0.1) is 0 Å². The van der Waals surface area contributed by atoms with Crippen LogP contribution in [0.1, 0.15) is 58.4 Å². The van der Waals surface area contributed by atoms with Crippen LogP contribution in [-0.4, -0.2) is 5.78 Å². The topological polar surface area (TPSA) is 17.1 Å². The molecule has 0 spiro atoms. The largest absolute Gasteiger partial charge is 0.294 e. The maximum atomic E-state index is 12.3. The molecule has 0 aliphatic heterocycles. The molecule has 0 saturated carbocycles. The summed E-state index contributed by atoms with van der Waals surface area (Å²) in [5.41, 5.74) is 1.89. The van der Waals surface area contributed by atoms with Crippen LogP contribution in [0.5, 0.6) is 0 Å². The molecule has 0 aromatic heterocycles. The summed E-state index contributed by atoms with van der Waals surface area (Å²) in [6.45, 7) is 6.13. The normalized spacial score (nSPS) is 12.3. The van der Waals surface area contributed by atoms with Gasteiger partial charge in [0, 0.05) is 11.5 Å². The maximum absolute atomic E-state index is 12.3. The lowest BCUT2D eigenvalue weighted by Crippen LogP contribution is -2.08. The van der Waals surface area contributed by atoms with Crippen molar-refractivity contribution >= 4 is 11.9 Å². The monoisotopic (exact) mass is 284 g/mol. The van der Waals surface area contributed by atoms with Gasteiger partial charge in [-0.2, -0.15) is 0 Å². The van der Waals surface area contributed by atoms with Crippen LogP contribution in [0.25, 0.3) is 6.08 Å². The molecule has 0 atom stereocenters. The summed E-state index contributed by atoms with van der Waals surface area (Å²) in [6, 6.07) is 10.0. The Hall–Kier alpha value is -1.63. The number of benzene rings is 1. The molecule has 0 bridgehead atoms. The van der Waals surface area contributed by atoms with Crippen molar-refractivity contribution in [3.63, 3.8) is 0 Å². The maximum Gasteiger partial charge on any atom is 0.165 e. The smallest absolute Gasteiger partial charge is 0.165 e. The molecule has 0 saturated heterocycles. The molecule has 0 aliphatic carbocycles. The van der Waals surface area contributed by atoms with Gasteiger partial charge in [0.15, 0.2) is 5.78 Å². The van der Waals surface area contributed by atoms with Crippen LogP contribution in [0.15, 0.2) is 48.1 Å². The van der Waals surface area contributed by atoms with E-state index in [1.165, 1.54) is 25.7 Å². The molecular weight excluding hydrogens is 256 g/mol. The Morgan fingerprint density at radius 2 is 1.81 bits per heavy atom. The highest BCUT2D eigenvalue weighted by molar-refractivity contribution is 6.03. The van der Waals surface area contributed by atoms with Crippen molar-refractivity contribution in [1.29, 1.82) is 0 Å². The van der Waals surface area contributed by atoms with Crippen LogP contribution in [0, 0.1) is 5.92 Å². The van der Waals surface area contributed by atoms with Crippen molar-refractivity contribution in [2.24, 2.45) is 5.92 Å². The number of hydrogen-bond acceptors (Lipinski definition) is 1. The average Bonchev–Trinajstić information content (AvgIpc) is 2.49. The molecule has 0 fully saturated rings. The zero-order chi connectivity index (χ0) is 15.5. The minimum Gasteiger partial charge on any atom is -0.294 e. The third-order valence-corrected chi connectivity index (χ3v) is 3.45. The Morgan fingerprint density at radius 1 is 1.10 bits per heavy atom. The SMILES string of the molecule is CCCCCCC=CC(=Cc1ccccc1)C(=O)C(C)C. The molecule has 0 aliphatic rings. The van der Waals surface area contributed by atoms with E-state index < -0.39 is 0 Å². The minimum absolute atomic E-state index is 0.0321. The zero-order valence-corrected chi connectivity index (χ0v) is 13.6. The van der Waals surface area contributed by atoms with E-state index in [-0.39, 0.29) is 11.7 Å². The summed E-state index contributed by atoms with van der Waals surface area (Å²) >= 11 is 0. The fraction of sp³-hybridized carbons (Fsp3) is 0.450. The Morgan fingerprint density at radius 3 is 2.43 bits per heavy atom. The minimum atomic E-state index is 0.0321. The molecule has 0 heterocycles. The molecule has 21 heavy (non-hydrogen) atoms. The Labute approximate surface area is 129 Å². The van der Waals surface area contributed by atoms with Crippen molar-refractivity contribution in [2.75, 3.05) is 0 Å². The third-order valence-electron chi connectivity index (χ3n) is 3.45. The van der Waals surface area contributed by atoms with Crippen LogP contribution in [0.3, 0.4) is 0 Å². The van der Waals surface area contributed by atoms with Crippen molar-refractivity contribution < 1.29 is 4.79 Å². The zero-order valence-electron chi connectivity index (χ0n) is 13.6.